The van der Waals surface area contributed by atoms with E-state index >= 15 is 0 Å². The molecule has 3 aliphatic rings. The highest BCUT2D eigenvalue weighted by Crippen LogP contribution is 2.52. The van der Waals surface area contributed by atoms with Crippen molar-refractivity contribution < 1.29 is 9.59 Å². The van der Waals surface area contributed by atoms with Crippen LogP contribution in [0.1, 0.15) is 50.1 Å². The minimum Gasteiger partial charge on any atom is -0.369 e. The summed E-state index contributed by atoms with van der Waals surface area (Å²) in [5.41, 5.74) is 6.53. The second-order valence-electron chi connectivity index (χ2n) is 7.48. The van der Waals surface area contributed by atoms with Gasteiger partial charge in [0.1, 0.15) is 0 Å². The zero-order chi connectivity index (χ0) is 16.7. The second kappa shape index (κ2) is 6.35. The van der Waals surface area contributed by atoms with Crippen LogP contribution in [0, 0.1) is 17.8 Å². The number of urea groups is 1. The fourth-order valence-electron chi connectivity index (χ4n) is 4.69. The van der Waals surface area contributed by atoms with Crippen LogP contribution in [0.3, 0.4) is 0 Å². The Morgan fingerprint density at radius 2 is 2.17 bits per heavy atom. The summed E-state index contributed by atoms with van der Waals surface area (Å²) in [5.74, 6) is 1.71. The third kappa shape index (κ3) is 3.01. The van der Waals surface area contributed by atoms with Gasteiger partial charge in [-0.3, -0.25) is 10.1 Å². The lowest BCUT2D eigenvalue weighted by Gasteiger charge is -2.30. The highest BCUT2D eigenvalue weighted by atomic mass is 32.1. The molecule has 2 saturated carbocycles. The van der Waals surface area contributed by atoms with Crippen LogP contribution in [-0.4, -0.2) is 34.9 Å². The number of fused-ring (bicyclic) bond motifs is 2. The van der Waals surface area contributed by atoms with Gasteiger partial charge in [0.05, 0.1) is 11.6 Å². The number of hydrogen-bond donors (Lipinski definition) is 2. The number of anilines is 1. The van der Waals surface area contributed by atoms with Crippen molar-refractivity contribution in [1.29, 1.82) is 0 Å². The Labute approximate surface area is 145 Å². The predicted molar refractivity (Wildman–Crippen MR) is 92.8 cm³/mol. The van der Waals surface area contributed by atoms with Crippen LogP contribution < -0.4 is 11.1 Å². The lowest BCUT2D eigenvalue weighted by Crippen LogP contribution is -2.45. The van der Waals surface area contributed by atoms with E-state index in [-0.39, 0.29) is 17.9 Å². The van der Waals surface area contributed by atoms with Crippen molar-refractivity contribution in [3.05, 3.63) is 11.1 Å². The van der Waals surface area contributed by atoms with Crippen molar-refractivity contribution in [2.24, 2.45) is 23.5 Å². The normalized spacial score (nSPS) is 32.1. The van der Waals surface area contributed by atoms with Gasteiger partial charge in [-0.25, -0.2) is 9.78 Å². The number of carbonyl (C=O) groups is 2. The molecule has 6 nitrogen and oxygen atoms in total. The van der Waals surface area contributed by atoms with Crippen molar-refractivity contribution in [3.63, 3.8) is 0 Å². The van der Waals surface area contributed by atoms with Gasteiger partial charge in [-0.15, -0.1) is 11.3 Å². The standard InChI is InChI=1S/C17H24N4O2S/c18-15(22)12-2-1-5-21(8-12)17(23)20-16-19-14(9-24-16)13-7-10-3-4-11(13)6-10/h9-13H,1-8H2,(H2,18,22)(H,19,20,23)/t10-,11-,12-,13-/m0/s1. The molecule has 24 heavy (non-hydrogen) atoms. The molecule has 2 bridgehead atoms. The molecule has 7 heteroatoms. The van der Waals surface area contributed by atoms with Gasteiger partial charge in [0, 0.05) is 24.4 Å². The summed E-state index contributed by atoms with van der Waals surface area (Å²) in [6.07, 6.45) is 6.90. The molecule has 1 aromatic heterocycles. The van der Waals surface area contributed by atoms with Crippen LogP contribution in [-0.2, 0) is 4.79 Å². The lowest BCUT2D eigenvalue weighted by molar-refractivity contribution is -0.123. The first-order valence-corrected chi connectivity index (χ1v) is 9.79. The average Bonchev–Trinajstić information content (AvgIpc) is 3.31. The first-order chi connectivity index (χ1) is 11.6. The Morgan fingerprint density at radius 3 is 2.88 bits per heavy atom. The number of hydrogen-bond acceptors (Lipinski definition) is 4. The van der Waals surface area contributed by atoms with Gasteiger partial charge in [0.15, 0.2) is 5.13 Å². The SMILES string of the molecule is NC(=O)[C@H]1CCCN(C(=O)Nc2nc([C@H]3C[C@H]4CC[C@H]3C4)cs2)C1. The molecule has 1 aliphatic heterocycles. The van der Waals surface area contributed by atoms with Crippen molar-refractivity contribution >= 4 is 28.4 Å². The summed E-state index contributed by atoms with van der Waals surface area (Å²) in [7, 11) is 0. The Kier molecular flexibility index (Phi) is 4.20. The number of rotatable bonds is 3. The predicted octanol–water partition coefficient (Wildman–Crippen LogP) is 2.78. The molecule has 3 fully saturated rings. The topological polar surface area (TPSA) is 88.3 Å². The van der Waals surface area contributed by atoms with Crippen molar-refractivity contribution in [3.8, 4) is 0 Å². The molecule has 3 amide bonds. The molecule has 0 unspecified atom stereocenters. The minimum atomic E-state index is -0.319. The maximum absolute atomic E-state index is 12.4. The largest absolute Gasteiger partial charge is 0.369 e. The monoisotopic (exact) mass is 348 g/mol. The molecule has 2 heterocycles. The molecule has 4 rings (SSSR count). The first-order valence-electron chi connectivity index (χ1n) is 8.91. The number of amides is 3. The van der Waals surface area contributed by atoms with Crippen LogP contribution in [0.5, 0.6) is 0 Å². The van der Waals surface area contributed by atoms with E-state index in [1.54, 1.807) is 4.90 Å². The fraction of sp³-hybridized carbons (Fsp3) is 0.706. The maximum atomic E-state index is 12.4. The lowest BCUT2D eigenvalue weighted by atomic mass is 9.87. The molecule has 4 atom stereocenters. The van der Waals surface area contributed by atoms with E-state index < -0.39 is 0 Å². The van der Waals surface area contributed by atoms with Crippen molar-refractivity contribution in [2.45, 2.75) is 44.4 Å². The number of nitrogens with two attached hydrogens (primary N) is 1. The fourth-order valence-corrected chi connectivity index (χ4v) is 5.45. The summed E-state index contributed by atoms with van der Waals surface area (Å²) in [4.78, 5) is 30.1. The molecule has 1 saturated heterocycles. The number of nitrogens with one attached hydrogen (secondary N) is 1. The Hall–Kier alpha value is -1.63. The van der Waals surface area contributed by atoms with Gasteiger partial charge in [0.2, 0.25) is 5.91 Å². The third-order valence-corrected chi connectivity index (χ3v) is 6.74. The van der Waals surface area contributed by atoms with Crippen molar-refractivity contribution in [2.75, 3.05) is 18.4 Å². The smallest absolute Gasteiger partial charge is 0.323 e. The highest BCUT2D eigenvalue weighted by Gasteiger charge is 2.41. The van der Waals surface area contributed by atoms with E-state index in [1.807, 2.05) is 0 Å². The second-order valence-corrected chi connectivity index (χ2v) is 8.33. The van der Waals surface area contributed by atoms with E-state index in [9.17, 15) is 9.59 Å². The van der Waals surface area contributed by atoms with Gasteiger partial charge in [-0.1, -0.05) is 6.42 Å². The average molecular weight is 348 g/mol. The number of primary amides is 1. The van der Waals surface area contributed by atoms with Gasteiger partial charge in [0.25, 0.3) is 0 Å². The van der Waals surface area contributed by atoms with E-state index in [0.717, 1.165) is 30.4 Å². The van der Waals surface area contributed by atoms with Crippen LogP contribution in [0.4, 0.5) is 9.93 Å². The summed E-state index contributed by atoms with van der Waals surface area (Å²) in [6.45, 7) is 1.08. The van der Waals surface area contributed by atoms with E-state index in [0.29, 0.717) is 24.1 Å². The van der Waals surface area contributed by atoms with Crippen LogP contribution >= 0.6 is 11.3 Å². The molecule has 3 N–H and O–H groups in total. The number of piperidine rings is 1. The summed E-state index contributed by atoms with van der Waals surface area (Å²) < 4.78 is 0. The molecule has 2 aliphatic carbocycles. The van der Waals surface area contributed by atoms with Gasteiger partial charge >= 0.3 is 6.03 Å². The maximum Gasteiger partial charge on any atom is 0.323 e. The minimum absolute atomic E-state index is 0.171. The number of nitrogens with zero attached hydrogens (tertiary/aromatic N) is 2. The summed E-state index contributed by atoms with van der Waals surface area (Å²) in [5, 5.41) is 5.67. The van der Waals surface area contributed by atoms with E-state index in [4.69, 9.17) is 5.73 Å². The number of thiazole rings is 1. The quantitative estimate of drug-likeness (QED) is 0.880. The van der Waals surface area contributed by atoms with Crippen LogP contribution in [0.2, 0.25) is 0 Å². The summed E-state index contributed by atoms with van der Waals surface area (Å²) >= 11 is 1.50. The zero-order valence-corrected chi connectivity index (χ0v) is 14.6. The Morgan fingerprint density at radius 1 is 1.29 bits per heavy atom. The molecule has 1 aromatic rings. The van der Waals surface area contributed by atoms with Gasteiger partial charge < -0.3 is 10.6 Å². The number of likely N-dealkylation sites (tertiary alicyclic amines) is 1. The van der Waals surface area contributed by atoms with Crippen molar-refractivity contribution in [1.82, 2.24) is 9.88 Å². The van der Waals surface area contributed by atoms with E-state index in [1.165, 1.54) is 37.0 Å². The molecule has 0 aromatic carbocycles. The molecular formula is C17H24N4O2S. The van der Waals surface area contributed by atoms with E-state index in [2.05, 4.69) is 15.7 Å². The van der Waals surface area contributed by atoms with Gasteiger partial charge in [-0.05, 0) is 43.9 Å². The molecule has 130 valence electrons. The summed E-state index contributed by atoms with van der Waals surface area (Å²) in [6, 6.07) is -0.171. The number of carbonyl (C=O) groups excluding carboxylic acids is 2. The molecule has 0 spiro atoms. The highest BCUT2D eigenvalue weighted by molar-refractivity contribution is 7.13. The van der Waals surface area contributed by atoms with Crippen LogP contribution in [0.25, 0.3) is 0 Å². The van der Waals surface area contributed by atoms with Crippen LogP contribution in [0.15, 0.2) is 5.38 Å². The number of aromatic nitrogens is 1. The third-order valence-electron chi connectivity index (χ3n) is 5.96. The molecular weight excluding hydrogens is 324 g/mol. The Bertz CT molecular complexity index is 646. The zero-order valence-electron chi connectivity index (χ0n) is 13.7. The Balaban J connectivity index is 1.37. The van der Waals surface area contributed by atoms with Gasteiger partial charge in [-0.2, -0.15) is 0 Å². The molecule has 0 radical (unpaired) electrons. The first kappa shape index (κ1) is 15.9.